The first-order valence-corrected chi connectivity index (χ1v) is 11.0. The van der Waals surface area contributed by atoms with Crippen LogP contribution < -0.4 is 5.48 Å². The largest absolute Gasteiger partial charge is 0.493 e. The topological polar surface area (TPSA) is 84.9 Å². The predicted molar refractivity (Wildman–Crippen MR) is 100 cm³/mol. The van der Waals surface area contributed by atoms with Crippen LogP contribution in [0.15, 0.2) is 30.3 Å². The average molecular weight is 383 g/mol. The molecule has 26 heavy (non-hydrogen) atoms. The third kappa shape index (κ3) is 6.51. The van der Waals surface area contributed by atoms with Crippen molar-refractivity contribution in [2.75, 3.05) is 6.61 Å². The summed E-state index contributed by atoms with van der Waals surface area (Å²) < 4.78 is 21.6. The van der Waals surface area contributed by atoms with E-state index >= 15 is 0 Å². The van der Waals surface area contributed by atoms with Gasteiger partial charge < -0.3 is 4.89 Å². The zero-order valence-corrected chi connectivity index (χ0v) is 16.4. The number of phosphoric acid groups is 1. The van der Waals surface area contributed by atoms with Crippen LogP contribution in [0.5, 0.6) is 0 Å². The van der Waals surface area contributed by atoms with Crippen LogP contribution in [0.3, 0.4) is 0 Å². The van der Waals surface area contributed by atoms with E-state index < -0.39 is 13.2 Å². The number of benzene rings is 1. The van der Waals surface area contributed by atoms with Crippen LogP contribution in [-0.4, -0.2) is 17.4 Å². The summed E-state index contributed by atoms with van der Waals surface area (Å²) in [5.74, 6) is -0.304. The Hall–Kier alpha value is -1.20. The molecule has 0 saturated heterocycles. The maximum absolute atomic E-state index is 12.4. The summed E-state index contributed by atoms with van der Waals surface area (Å²) in [5, 5.41) is 0. The molecule has 146 valence electrons. The molecule has 1 fully saturated rings. The molecular formula is C19H30NO5P. The number of rotatable bonds is 12. The number of hydrogen-bond donors (Lipinski definition) is 2. The number of hydroxylamine groups is 1. The van der Waals surface area contributed by atoms with Gasteiger partial charge in [-0.15, -0.1) is 0 Å². The first-order chi connectivity index (χ1) is 12.5. The number of hydrogen-bond acceptors (Lipinski definition) is 4. The Kier molecular flexibility index (Phi) is 8.29. The van der Waals surface area contributed by atoms with Gasteiger partial charge >= 0.3 is 7.82 Å². The summed E-state index contributed by atoms with van der Waals surface area (Å²) in [6, 6.07) is 9.51. The number of carbonyl (C=O) groups excluding carboxylic acids is 1. The first kappa shape index (κ1) is 21.1. The van der Waals surface area contributed by atoms with Gasteiger partial charge in [-0.3, -0.25) is 9.32 Å². The zero-order chi connectivity index (χ0) is 18.9. The van der Waals surface area contributed by atoms with Crippen molar-refractivity contribution >= 4 is 13.7 Å². The molecule has 1 aliphatic carbocycles. The third-order valence-electron chi connectivity index (χ3n) is 5.04. The Balaban J connectivity index is 1.72. The Morgan fingerprint density at radius 2 is 1.96 bits per heavy atom. The first-order valence-electron chi connectivity index (χ1n) is 9.48. The lowest BCUT2D eigenvalue weighted by Gasteiger charge is -2.40. The van der Waals surface area contributed by atoms with E-state index in [2.05, 4.69) is 12.4 Å². The Morgan fingerprint density at radius 1 is 1.23 bits per heavy atom. The second-order valence-electron chi connectivity index (χ2n) is 7.00. The molecular weight excluding hydrogens is 353 g/mol. The molecule has 1 aliphatic rings. The van der Waals surface area contributed by atoms with Gasteiger partial charge in [0.1, 0.15) is 0 Å². The molecule has 1 atom stereocenters. The minimum atomic E-state index is -4.31. The molecule has 0 radical (unpaired) electrons. The highest BCUT2D eigenvalue weighted by molar-refractivity contribution is 7.47. The lowest BCUT2D eigenvalue weighted by Crippen LogP contribution is -2.45. The summed E-state index contributed by atoms with van der Waals surface area (Å²) in [4.78, 5) is 22.2. The van der Waals surface area contributed by atoms with E-state index in [4.69, 9.17) is 9.15 Å². The Morgan fingerprint density at radius 3 is 2.58 bits per heavy atom. The van der Waals surface area contributed by atoms with E-state index in [1.165, 1.54) is 0 Å². The van der Waals surface area contributed by atoms with E-state index in [1.807, 2.05) is 30.3 Å². The lowest BCUT2D eigenvalue weighted by atomic mass is 9.65. The van der Waals surface area contributed by atoms with Crippen LogP contribution in [0.1, 0.15) is 63.9 Å². The van der Waals surface area contributed by atoms with Gasteiger partial charge in [-0.1, -0.05) is 69.4 Å². The van der Waals surface area contributed by atoms with Crippen LogP contribution in [-0.2, 0) is 24.9 Å². The van der Waals surface area contributed by atoms with Crippen molar-refractivity contribution in [3.8, 4) is 0 Å². The maximum Gasteiger partial charge on any atom is 0.493 e. The van der Waals surface area contributed by atoms with Crippen LogP contribution in [0, 0.1) is 5.41 Å². The van der Waals surface area contributed by atoms with Crippen LogP contribution in [0.2, 0.25) is 0 Å². The molecule has 1 saturated carbocycles. The van der Waals surface area contributed by atoms with Crippen LogP contribution in [0.25, 0.3) is 0 Å². The predicted octanol–water partition coefficient (Wildman–Crippen LogP) is 4.53. The summed E-state index contributed by atoms with van der Waals surface area (Å²) in [6.45, 7) is 2.19. The molecule has 2 rings (SSSR count). The fourth-order valence-corrected chi connectivity index (χ4v) is 3.81. The SMILES string of the molecule is CCCCCCC1(C(=O)NOP(=O)(O)OCCc2ccccc2)CCC1. The van der Waals surface area contributed by atoms with Crippen molar-refractivity contribution < 1.29 is 23.4 Å². The fourth-order valence-electron chi connectivity index (χ4n) is 3.24. The minimum Gasteiger partial charge on any atom is -0.301 e. The van der Waals surface area contributed by atoms with Gasteiger partial charge in [-0.25, -0.2) is 10.0 Å². The van der Waals surface area contributed by atoms with Gasteiger partial charge in [-0.05, 0) is 31.2 Å². The van der Waals surface area contributed by atoms with Crippen molar-refractivity contribution in [3.05, 3.63) is 35.9 Å². The van der Waals surface area contributed by atoms with E-state index in [0.717, 1.165) is 56.9 Å². The molecule has 7 heteroatoms. The van der Waals surface area contributed by atoms with E-state index in [-0.39, 0.29) is 12.5 Å². The molecule has 2 N–H and O–H groups in total. The van der Waals surface area contributed by atoms with Crippen molar-refractivity contribution in [1.29, 1.82) is 0 Å². The van der Waals surface area contributed by atoms with Gasteiger partial charge in [-0.2, -0.15) is 4.62 Å². The second kappa shape index (κ2) is 10.2. The number of amides is 1. The fraction of sp³-hybridized carbons (Fsp3) is 0.632. The van der Waals surface area contributed by atoms with Crippen molar-refractivity contribution in [2.45, 2.75) is 64.7 Å². The number of nitrogens with one attached hydrogen (secondary N) is 1. The highest BCUT2D eigenvalue weighted by Crippen LogP contribution is 2.47. The Bertz CT molecular complexity index is 603. The smallest absolute Gasteiger partial charge is 0.301 e. The third-order valence-corrected chi connectivity index (χ3v) is 5.87. The Labute approximate surface area is 155 Å². The monoisotopic (exact) mass is 383 g/mol. The normalized spacial score (nSPS) is 17.9. The van der Waals surface area contributed by atoms with E-state index in [9.17, 15) is 14.3 Å². The van der Waals surface area contributed by atoms with Crippen molar-refractivity contribution in [1.82, 2.24) is 5.48 Å². The van der Waals surface area contributed by atoms with Crippen LogP contribution >= 0.6 is 7.82 Å². The van der Waals surface area contributed by atoms with Crippen LogP contribution in [0.4, 0.5) is 0 Å². The van der Waals surface area contributed by atoms with Gasteiger partial charge in [0.15, 0.2) is 0 Å². The summed E-state index contributed by atoms with van der Waals surface area (Å²) >= 11 is 0. The lowest BCUT2D eigenvalue weighted by molar-refractivity contribution is -0.145. The molecule has 1 unspecified atom stereocenters. The molecule has 1 aromatic carbocycles. The molecule has 1 amide bonds. The highest BCUT2D eigenvalue weighted by atomic mass is 31.2. The molecule has 1 aromatic rings. The number of phosphoric ester groups is 1. The quantitative estimate of drug-likeness (QED) is 0.315. The second-order valence-corrected chi connectivity index (χ2v) is 8.38. The van der Waals surface area contributed by atoms with Crippen molar-refractivity contribution in [2.24, 2.45) is 5.41 Å². The van der Waals surface area contributed by atoms with Gasteiger partial charge in [0, 0.05) is 0 Å². The van der Waals surface area contributed by atoms with Gasteiger partial charge in [0.2, 0.25) is 5.91 Å². The molecule has 0 aliphatic heterocycles. The standard InChI is InChI=1S/C19H30NO5P/c1-2-3-4-8-13-19(14-9-15-19)18(21)20-25-26(22,23)24-16-12-17-10-6-5-7-11-17/h5-7,10-11H,2-4,8-9,12-16H2,1H3,(H,20,21)(H,22,23). The highest BCUT2D eigenvalue weighted by Gasteiger charge is 2.44. The zero-order valence-electron chi connectivity index (χ0n) is 15.5. The summed E-state index contributed by atoms with van der Waals surface area (Å²) in [7, 11) is -4.31. The van der Waals surface area contributed by atoms with Crippen molar-refractivity contribution in [3.63, 3.8) is 0 Å². The van der Waals surface area contributed by atoms with E-state index in [0.29, 0.717) is 6.42 Å². The number of unbranched alkanes of at least 4 members (excludes halogenated alkanes) is 3. The molecule has 0 heterocycles. The minimum absolute atomic E-state index is 0.0375. The molecule has 0 spiro atoms. The summed E-state index contributed by atoms with van der Waals surface area (Å²) in [5.41, 5.74) is 2.73. The summed E-state index contributed by atoms with van der Waals surface area (Å²) in [6.07, 6.45) is 8.31. The van der Waals surface area contributed by atoms with E-state index in [1.54, 1.807) is 0 Å². The average Bonchev–Trinajstić information content (AvgIpc) is 2.59. The maximum atomic E-state index is 12.4. The molecule has 0 aromatic heterocycles. The molecule has 6 nitrogen and oxygen atoms in total. The molecule has 0 bridgehead atoms. The van der Waals surface area contributed by atoms with Gasteiger partial charge in [0.05, 0.1) is 12.0 Å². The van der Waals surface area contributed by atoms with Gasteiger partial charge in [0.25, 0.3) is 0 Å². The number of carbonyl (C=O) groups is 1.